The first-order chi connectivity index (χ1) is 13.1. The van der Waals surface area contributed by atoms with E-state index in [1.807, 2.05) is 37.3 Å². The van der Waals surface area contributed by atoms with Crippen molar-refractivity contribution >= 4 is 17.7 Å². The number of aromatic carboxylic acids is 1. The Morgan fingerprint density at radius 2 is 1.93 bits per heavy atom. The number of carboxylic acids is 1. The van der Waals surface area contributed by atoms with Gasteiger partial charge in [0.05, 0.1) is 11.4 Å². The number of hydrogen-bond acceptors (Lipinski definition) is 5. The van der Waals surface area contributed by atoms with Crippen LogP contribution in [0.25, 0.3) is 5.69 Å². The monoisotopic (exact) mass is 366 g/mol. The van der Waals surface area contributed by atoms with Gasteiger partial charge in [0.25, 0.3) is 0 Å². The Morgan fingerprint density at radius 1 is 1.15 bits per heavy atom. The first-order valence-electron chi connectivity index (χ1n) is 8.34. The van der Waals surface area contributed by atoms with E-state index in [0.717, 1.165) is 5.56 Å². The smallest absolute Gasteiger partial charge is 0.411 e. The van der Waals surface area contributed by atoms with Gasteiger partial charge in [-0.2, -0.15) is 0 Å². The molecule has 3 rings (SSSR count). The van der Waals surface area contributed by atoms with Crippen molar-refractivity contribution in [2.75, 3.05) is 5.32 Å². The number of anilines is 1. The average molecular weight is 366 g/mol. The number of ether oxygens (including phenoxy) is 1. The van der Waals surface area contributed by atoms with Crippen molar-refractivity contribution in [1.29, 1.82) is 0 Å². The minimum Gasteiger partial charge on any atom is -0.476 e. The molecule has 2 aromatic carbocycles. The third-order valence-electron chi connectivity index (χ3n) is 3.85. The molecule has 0 unspecified atom stereocenters. The minimum absolute atomic E-state index is 0.0851. The number of nitrogens with zero attached hydrogens (tertiary/aromatic N) is 3. The molecule has 0 aliphatic rings. The van der Waals surface area contributed by atoms with Gasteiger partial charge >= 0.3 is 12.1 Å². The van der Waals surface area contributed by atoms with Crippen LogP contribution in [0.1, 0.15) is 28.7 Å². The fraction of sp³-hybridized carbons (Fsp3) is 0.158. The van der Waals surface area contributed by atoms with Crippen LogP contribution in [0, 0.1) is 0 Å². The van der Waals surface area contributed by atoms with Gasteiger partial charge in [0.1, 0.15) is 6.61 Å². The SMILES string of the molecule is CCc1c(C(=O)O)nnn1-c1cccc(NC(=O)OCc2ccccc2)c1. The van der Waals surface area contributed by atoms with Gasteiger partial charge in [0.2, 0.25) is 0 Å². The van der Waals surface area contributed by atoms with E-state index in [9.17, 15) is 14.7 Å². The van der Waals surface area contributed by atoms with E-state index >= 15 is 0 Å². The minimum atomic E-state index is -1.13. The molecule has 0 fully saturated rings. The second-order valence-electron chi connectivity index (χ2n) is 5.69. The van der Waals surface area contributed by atoms with Crippen LogP contribution >= 0.6 is 0 Å². The molecule has 0 bridgehead atoms. The van der Waals surface area contributed by atoms with Gasteiger partial charge in [0.15, 0.2) is 5.69 Å². The van der Waals surface area contributed by atoms with Crippen LogP contribution in [0.5, 0.6) is 0 Å². The molecule has 3 aromatic rings. The molecule has 0 atom stereocenters. The van der Waals surface area contributed by atoms with E-state index < -0.39 is 12.1 Å². The summed E-state index contributed by atoms with van der Waals surface area (Å²) in [7, 11) is 0. The van der Waals surface area contributed by atoms with Gasteiger partial charge in [-0.3, -0.25) is 5.32 Å². The molecule has 0 saturated heterocycles. The van der Waals surface area contributed by atoms with E-state index in [2.05, 4.69) is 15.6 Å². The van der Waals surface area contributed by atoms with Crippen molar-refractivity contribution in [3.63, 3.8) is 0 Å². The number of nitrogens with one attached hydrogen (secondary N) is 1. The first kappa shape index (κ1) is 18.1. The molecule has 0 radical (unpaired) electrons. The van der Waals surface area contributed by atoms with Crippen LogP contribution in [-0.2, 0) is 17.8 Å². The second-order valence-corrected chi connectivity index (χ2v) is 5.69. The summed E-state index contributed by atoms with van der Waals surface area (Å²) in [5, 5.41) is 19.5. The summed E-state index contributed by atoms with van der Waals surface area (Å²) in [5.41, 5.74) is 2.37. The Hall–Kier alpha value is -3.68. The number of benzene rings is 2. The lowest BCUT2D eigenvalue weighted by atomic mass is 10.2. The van der Waals surface area contributed by atoms with E-state index in [-0.39, 0.29) is 12.3 Å². The van der Waals surface area contributed by atoms with E-state index in [1.54, 1.807) is 24.3 Å². The molecule has 0 aliphatic heterocycles. The number of rotatable bonds is 6. The maximum absolute atomic E-state index is 12.0. The number of carboxylic acid groups (broad SMARTS) is 1. The molecule has 8 heteroatoms. The highest BCUT2D eigenvalue weighted by Crippen LogP contribution is 2.18. The molecule has 0 spiro atoms. The lowest BCUT2D eigenvalue weighted by molar-refractivity contribution is 0.0689. The summed E-state index contributed by atoms with van der Waals surface area (Å²) < 4.78 is 6.64. The zero-order chi connectivity index (χ0) is 19.2. The summed E-state index contributed by atoms with van der Waals surface area (Å²) >= 11 is 0. The molecule has 27 heavy (non-hydrogen) atoms. The summed E-state index contributed by atoms with van der Waals surface area (Å²) in [4.78, 5) is 23.2. The fourth-order valence-electron chi connectivity index (χ4n) is 2.58. The predicted octanol–water partition coefficient (Wildman–Crippen LogP) is 3.28. The molecule has 0 saturated carbocycles. The van der Waals surface area contributed by atoms with E-state index in [1.165, 1.54) is 4.68 Å². The van der Waals surface area contributed by atoms with E-state index in [0.29, 0.717) is 23.5 Å². The summed E-state index contributed by atoms with van der Waals surface area (Å²) in [5.74, 6) is -1.13. The molecular weight excluding hydrogens is 348 g/mol. The number of carbonyl (C=O) groups excluding carboxylic acids is 1. The number of hydrogen-bond donors (Lipinski definition) is 2. The Morgan fingerprint density at radius 3 is 2.63 bits per heavy atom. The normalized spacial score (nSPS) is 10.4. The zero-order valence-corrected chi connectivity index (χ0v) is 14.6. The summed E-state index contributed by atoms with van der Waals surface area (Å²) in [6.07, 6.45) is -0.137. The number of aromatic nitrogens is 3. The highest BCUT2D eigenvalue weighted by molar-refractivity contribution is 5.87. The van der Waals surface area contributed by atoms with Crippen molar-refractivity contribution < 1.29 is 19.4 Å². The Labute approximate surface area is 155 Å². The Bertz CT molecular complexity index is 953. The van der Waals surface area contributed by atoms with Crippen molar-refractivity contribution in [2.24, 2.45) is 0 Å². The van der Waals surface area contributed by atoms with Gasteiger partial charge in [-0.05, 0) is 30.2 Å². The topological polar surface area (TPSA) is 106 Å². The van der Waals surface area contributed by atoms with Crippen molar-refractivity contribution in [3.05, 3.63) is 71.5 Å². The van der Waals surface area contributed by atoms with Crippen LogP contribution in [0.3, 0.4) is 0 Å². The van der Waals surface area contributed by atoms with Crippen LogP contribution in [-0.4, -0.2) is 32.2 Å². The fourth-order valence-corrected chi connectivity index (χ4v) is 2.58. The molecule has 0 aliphatic carbocycles. The van der Waals surface area contributed by atoms with Crippen molar-refractivity contribution in [3.8, 4) is 5.69 Å². The zero-order valence-electron chi connectivity index (χ0n) is 14.6. The van der Waals surface area contributed by atoms with Crippen LogP contribution < -0.4 is 5.32 Å². The highest BCUT2D eigenvalue weighted by atomic mass is 16.5. The molecule has 8 nitrogen and oxygen atoms in total. The highest BCUT2D eigenvalue weighted by Gasteiger charge is 2.18. The Kier molecular flexibility index (Phi) is 5.46. The molecule has 138 valence electrons. The maximum Gasteiger partial charge on any atom is 0.411 e. The lowest BCUT2D eigenvalue weighted by Crippen LogP contribution is -2.14. The van der Waals surface area contributed by atoms with Gasteiger partial charge < -0.3 is 9.84 Å². The van der Waals surface area contributed by atoms with Crippen LogP contribution in [0.15, 0.2) is 54.6 Å². The predicted molar refractivity (Wildman–Crippen MR) is 97.9 cm³/mol. The molecule has 1 amide bonds. The molecule has 2 N–H and O–H groups in total. The second kappa shape index (κ2) is 8.13. The van der Waals surface area contributed by atoms with Gasteiger partial charge in [-0.15, -0.1) is 5.10 Å². The standard InChI is InChI=1S/C19H18N4O4/c1-2-16-17(18(24)25)21-22-23(16)15-10-6-9-14(11-15)20-19(26)27-12-13-7-4-3-5-8-13/h3-11H,2,12H2,1H3,(H,20,26)(H,24,25). The summed E-state index contributed by atoms with van der Waals surface area (Å²) in [6, 6.07) is 16.2. The molecule has 1 aromatic heterocycles. The van der Waals surface area contributed by atoms with E-state index in [4.69, 9.17) is 4.74 Å². The quantitative estimate of drug-likeness (QED) is 0.693. The number of amides is 1. The third kappa shape index (κ3) is 4.30. The summed E-state index contributed by atoms with van der Waals surface area (Å²) in [6.45, 7) is 1.99. The lowest BCUT2D eigenvalue weighted by Gasteiger charge is -2.10. The van der Waals surface area contributed by atoms with Crippen molar-refractivity contribution in [2.45, 2.75) is 20.0 Å². The molecular formula is C19H18N4O4. The van der Waals surface area contributed by atoms with Gasteiger partial charge in [0, 0.05) is 5.69 Å². The van der Waals surface area contributed by atoms with Gasteiger partial charge in [-0.1, -0.05) is 48.5 Å². The van der Waals surface area contributed by atoms with Crippen LogP contribution in [0.2, 0.25) is 0 Å². The Balaban J connectivity index is 1.72. The average Bonchev–Trinajstić information content (AvgIpc) is 3.12. The maximum atomic E-state index is 12.0. The third-order valence-corrected chi connectivity index (χ3v) is 3.85. The first-order valence-corrected chi connectivity index (χ1v) is 8.34. The van der Waals surface area contributed by atoms with Crippen LogP contribution in [0.4, 0.5) is 10.5 Å². The van der Waals surface area contributed by atoms with Gasteiger partial charge in [-0.25, -0.2) is 14.3 Å². The number of carbonyl (C=O) groups is 2. The largest absolute Gasteiger partial charge is 0.476 e. The molecule has 1 heterocycles. The van der Waals surface area contributed by atoms with Crippen molar-refractivity contribution in [1.82, 2.24) is 15.0 Å².